The summed E-state index contributed by atoms with van der Waals surface area (Å²) in [7, 11) is 0. The number of rotatable bonds is 6. The molecule has 0 fully saturated rings. The Hall–Kier alpha value is -1.15. The average molecular weight is 275 g/mol. The Bertz CT molecular complexity index is 444. The summed E-state index contributed by atoms with van der Waals surface area (Å²) in [5, 5.41) is 3.58. The molecule has 1 aliphatic rings. The lowest BCUT2D eigenvalue weighted by atomic mass is 9.91. The van der Waals surface area contributed by atoms with Crippen molar-refractivity contribution in [1.82, 2.24) is 5.32 Å². The fourth-order valence-electron chi connectivity index (χ4n) is 2.94. The standard InChI is InChI=1S/C18H26FN/c1-3-9-20-18(12-15-7-5-4-6-8-15)16-10-14(2)11-17(19)13-16/h7,10-11,13,18,20H,3-6,8-9,12H2,1-2H3. The Morgan fingerprint density at radius 1 is 1.25 bits per heavy atom. The van der Waals surface area contributed by atoms with Crippen molar-refractivity contribution in [2.24, 2.45) is 0 Å². The number of allylic oxidation sites excluding steroid dienone is 1. The topological polar surface area (TPSA) is 12.0 Å². The van der Waals surface area contributed by atoms with Crippen LogP contribution in [0.4, 0.5) is 4.39 Å². The summed E-state index contributed by atoms with van der Waals surface area (Å²) < 4.78 is 13.6. The Balaban J connectivity index is 2.15. The van der Waals surface area contributed by atoms with Gasteiger partial charge in [-0.2, -0.15) is 0 Å². The van der Waals surface area contributed by atoms with Crippen LogP contribution in [-0.2, 0) is 0 Å². The summed E-state index contributed by atoms with van der Waals surface area (Å²) in [5.41, 5.74) is 3.62. The monoisotopic (exact) mass is 275 g/mol. The Kier molecular flexibility index (Phi) is 5.78. The molecule has 0 radical (unpaired) electrons. The molecule has 1 aromatic carbocycles. The largest absolute Gasteiger partial charge is 0.310 e. The molecule has 1 atom stereocenters. The zero-order valence-electron chi connectivity index (χ0n) is 12.7. The molecule has 1 aliphatic carbocycles. The van der Waals surface area contributed by atoms with Crippen molar-refractivity contribution < 1.29 is 4.39 Å². The van der Waals surface area contributed by atoms with Crippen LogP contribution in [0.15, 0.2) is 29.8 Å². The quantitative estimate of drug-likeness (QED) is 0.715. The highest BCUT2D eigenvalue weighted by molar-refractivity contribution is 5.27. The van der Waals surface area contributed by atoms with Crippen molar-refractivity contribution in [2.45, 2.75) is 58.4 Å². The van der Waals surface area contributed by atoms with Gasteiger partial charge in [-0.1, -0.05) is 24.6 Å². The van der Waals surface area contributed by atoms with Crippen molar-refractivity contribution in [3.8, 4) is 0 Å². The molecule has 2 rings (SSSR count). The first-order valence-electron chi connectivity index (χ1n) is 7.87. The smallest absolute Gasteiger partial charge is 0.123 e. The maximum atomic E-state index is 13.6. The molecule has 110 valence electrons. The number of halogens is 1. The molecule has 1 aromatic rings. The minimum atomic E-state index is -0.124. The molecule has 0 aromatic heterocycles. The van der Waals surface area contributed by atoms with Crippen molar-refractivity contribution in [2.75, 3.05) is 6.54 Å². The first kappa shape index (κ1) is 15.2. The third kappa shape index (κ3) is 4.45. The molecule has 0 amide bonds. The van der Waals surface area contributed by atoms with Crippen molar-refractivity contribution in [3.63, 3.8) is 0 Å². The van der Waals surface area contributed by atoms with E-state index in [0.29, 0.717) is 0 Å². The molecule has 20 heavy (non-hydrogen) atoms. The number of benzene rings is 1. The van der Waals surface area contributed by atoms with Crippen molar-refractivity contribution >= 4 is 0 Å². The lowest BCUT2D eigenvalue weighted by Crippen LogP contribution is -2.23. The second-order valence-electron chi connectivity index (χ2n) is 5.88. The first-order valence-corrected chi connectivity index (χ1v) is 7.87. The Labute approximate surface area is 122 Å². The number of hydrogen-bond donors (Lipinski definition) is 1. The normalized spacial score (nSPS) is 16.9. The molecule has 0 spiro atoms. The zero-order valence-corrected chi connectivity index (χ0v) is 12.7. The highest BCUT2D eigenvalue weighted by atomic mass is 19.1. The molecular weight excluding hydrogens is 249 g/mol. The van der Waals surface area contributed by atoms with Crippen LogP contribution in [-0.4, -0.2) is 6.54 Å². The van der Waals surface area contributed by atoms with Gasteiger partial charge < -0.3 is 5.32 Å². The number of hydrogen-bond acceptors (Lipinski definition) is 1. The van der Waals surface area contributed by atoms with E-state index in [4.69, 9.17) is 0 Å². The van der Waals surface area contributed by atoms with E-state index >= 15 is 0 Å². The molecule has 0 saturated carbocycles. The number of aryl methyl sites for hydroxylation is 1. The molecule has 1 N–H and O–H groups in total. The van der Waals surface area contributed by atoms with Gasteiger partial charge in [0.1, 0.15) is 5.82 Å². The highest BCUT2D eigenvalue weighted by Gasteiger charge is 2.15. The van der Waals surface area contributed by atoms with E-state index in [1.165, 1.54) is 31.3 Å². The maximum absolute atomic E-state index is 13.6. The van der Waals surface area contributed by atoms with Crippen LogP contribution in [0.3, 0.4) is 0 Å². The van der Waals surface area contributed by atoms with E-state index in [1.54, 1.807) is 12.1 Å². The van der Waals surface area contributed by atoms with E-state index in [0.717, 1.165) is 30.5 Å². The van der Waals surface area contributed by atoms with Crippen LogP contribution >= 0.6 is 0 Å². The van der Waals surface area contributed by atoms with Gasteiger partial charge >= 0.3 is 0 Å². The van der Waals surface area contributed by atoms with Crippen molar-refractivity contribution in [3.05, 3.63) is 46.8 Å². The average Bonchev–Trinajstić information content (AvgIpc) is 2.43. The van der Waals surface area contributed by atoms with Gasteiger partial charge in [0.15, 0.2) is 0 Å². The van der Waals surface area contributed by atoms with Crippen molar-refractivity contribution in [1.29, 1.82) is 0 Å². The third-order valence-electron chi connectivity index (χ3n) is 3.96. The first-order chi connectivity index (χ1) is 9.69. The van der Waals surface area contributed by atoms with Crippen LogP contribution in [0.25, 0.3) is 0 Å². The molecule has 1 unspecified atom stereocenters. The second-order valence-corrected chi connectivity index (χ2v) is 5.88. The predicted molar refractivity (Wildman–Crippen MR) is 83.3 cm³/mol. The summed E-state index contributed by atoms with van der Waals surface area (Å²) >= 11 is 0. The predicted octanol–water partition coefficient (Wildman–Crippen LogP) is 5.07. The molecule has 1 nitrogen and oxygen atoms in total. The molecule has 0 bridgehead atoms. The Morgan fingerprint density at radius 3 is 2.75 bits per heavy atom. The molecule has 0 heterocycles. The van der Waals surface area contributed by atoms with Gasteiger partial charge in [0, 0.05) is 6.04 Å². The van der Waals surface area contributed by atoms with E-state index in [1.807, 2.05) is 6.92 Å². The maximum Gasteiger partial charge on any atom is 0.123 e. The summed E-state index contributed by atoms with van der Waals surface area (Å²) in [6.45, 7) is 5.11. The zero-order chi connectivity index (χ0) is 14.4. The summed E-state index contributed by atoms with van der Waals surface area (Å²) in [5.74, 6) is -0.124. The van der Waals surface area contributed by atoms with Gasteiger partial charge in [-0.15, -0.1) is 0 Å². The highest BCUT2D eigenvalue weighted by Crippen LogP contribution is 2.28. The Morgan fingerprint density at radius 2 is 2.10 bits per heavy atom. The number of nitrogens with one attached hydrogen (secondary N) is 1. The van der Waals surface area contributed by atoms with Gasteiger partial charge in [0.2, 0.25) is 0 Å². The minimum absolute atomic E-state index is 0.124. The van der Waals surface area contributed by atoms with Gasteiger partial charge in [-0.3, -0.25) is 0 Å². The molecule has 2 heteroatoms. The lowest BCUT2D eigenvalue weighted by molar-refractivity contribution is 0.507. The minimum Gasteiger partial charge on any atom is -0.310 e. The fourth-order valence-corrected chi connectivity index (χ4v) is 2.94. The van der Waals surface area contributed by atoms with Crippen LogP contribution in [0.1, 0.15) is 62.6 Å². The SMILES string of the molecule is CCCNC(CC1=CCCCC1)c1cc(C)cc(F)c1. The summed E-state index contributed by atoms with van der Waals surface area (Å²) in [6, 6.07) is 5.64. The fraction of sp³-hybridized carbons (Fsp3) is 0.556. The van der Waals surface area contributed by atoms with E-state index in [9.17, 15) is 4.39 Å². The van der Waals surface area contributed by atoms with Gasteiger partial charge in [0.25, 0.3) is 0 Å². The molecular formula is C18H26FN. The third-order valence-corrected chi connectivity index (χ3v) is 3.96. The van der Waals surface area contributed by atoms with Crippen LogP contribution in [0, 0.1) is 12.7 Å². The molecule has 0 aliphatic heterocycles. The van der Waals surface area contributed by atoms with E-state index in [-0.39, 0.29) is 11.9 Å². The molecule has 0 saturated heterocycles. The van der Waals surface area contributed by atoms with Gasteiger partial charge in [-0.25, -0.2) is 4.39 Å². The van der Waals surface area contributed by atoms with Gasteiger partial charge in [0.05, 0.1) is 0 Å². The summed E-state index contributed by atoms with van der Waals surface area (Å²) in [6.07, 6.45) is 9.53. The summed E-state index contributed by atoms with van der Waals surface area (Å²) in [4.78, 5) is 0. The van der Waals surface area contributed by atoms with Crippen LogP contribution in [0.2, 0.25) is 0 Å². The van der Waals surface area contributed by atoms with Crippen LogP contribution in [0.5, 0.6) is 0 Å². The van der Waals surface area contributed by atoms with Crippen LogP contribution < -0.4 is 5.32 Å². The van der Waals surface area contributed by atoms with Gasteiger partial charge in [-0.05, 0) is 75.3 Å². The second kappa shape index (κ2) is 7.58. The lowest BCUT2D eigenvalue weighted by Gasteiger charge is -2.23. The van der Waals surface area contributed by atoms with E-state index in [2.05, 4.69) is 24.4 Å². The van der Waals surface area contributed by atoms with E-state index < -0.39 is 0 Å².